The van der Waals surface area contributed by atoms with Crippen LogP contribution < -0.4 is 10.7 Å². The molecule has 0 aromatic heterocycles. The minimum Gasteiger partial charge on any atom is -0.507 e. The molecule has 0 heterocycles. The molecule has 0 aliphatic heterocycles. The van der Waals surface area contributed by atoms with Crippen LogP contribution in [0.15, 0.2) is 59.7 Å². The first-order chi connectivity index (χ1) is 11.6. The van der Waals surface area contributed by atoms with Gasteiger partial charge < -0.3 is 10.4 Å². The maximum atomic E-state index is 11.9. The van der Waals surface area contributed by atoms with Crippen molar-refractivity contribution in [3.05, 3.63) is 65.7 Å². The van der Waals surface area contributed by atoms with Gasteiger partial charge in [0.05, 0.1) is 12.1 Å². The van der Waals surface area contributed by atoms with Gasteiger partial charge in [-0.2, -0.15) is 5.10 Å². The van der Waals surface area contributed by atoms with Crippen LogP contribution in [0.25, 0.3) is 0 Å². The van der Waals surface area contributed by atoms with Crippen LogP contribution >= 0.6 is 0 Å². The Hall–Kier alpha value is -3.15. The maximum absolute atomic E-state index is 11.9. The molecule has 0 aliphatic carbocycles. The zero-order chi connectivity index (χ0) is 17.4. The van der Waals surface area contributed by atoms with E-state index >= 15 is 0 Å². The number of nitrogens with one attached hydrogen (secondary N) is 2. The number of phenols is 1. The van der Waals surface area contributed by atoms with E-state index in [1.165, 1.54) is 12.1 Å². The average molecular weight is 325 g/mol. The first kappa shape index (κ1) is 17.2. The minimum atomic E-state index is -0.520. The van der Waals surface area contributed by atoms with Crippen molar-refractivity contribution < 1.29 is 14.7 Å². The van der Waals surface area contributed by atoms with Gasteiger partial charge in [0.25, 0.3) is 11.8 Å². The van der Waals surface area contributed by atoms with Gasteiger partial charge in [-0.15, -0.1) is 0 Å². The molecule has 0 aliphatic rings. The summed E-state index contributed by atoms with van der Waals surface area (Å²) in [6.45, 7) is 1.59. The SMILES string of the molecule is C/C(Cc1ccccc1)=N/NC(=O)CNC(=O)c1ccccc1O. The lowest BCUT2D eigenvalue weighted by Gasteiger charge is -2.06. The van der Waals surface area contributed by atoms with E-state index in [1.54, 1.807) is 12.1 Å². The van der Waals surface area contributed by atoms with E-state index in [4.69, 9.17) is 0 Å². The number of hydrogen-bond donors (Lipinski definition) is 3. The number of phenolic OH excluding ortho intramolecular Hbond substituents is 1. The van der Waals surface area contributed by atoms with Gasteiger partial charge in [0, 0.05) is 12.1 Å². The van der Waals surface area contributed by atoms with E-state index in [0.717, 1.165) is 11.3 Å². The topological polar surface area (TPSA) is 90.8 Å². The maximum Gasteiger partial charge on any atom is 0.259 e. The number of hydrogen-bond acceptors (Lipinski definition) is 4. The van der Waals surface area contributed by atoms with Crippen molar-refractivity contribution in [3.63, 3.8) is 0 Å². The van der Waals surface area contributed by atoms with Crippen molar-refractivity contribution >= 4 is 17.5 Å². The van der Waals surface area contributed by atoms with Crippen LogP contribution in [0.5, 0.6) is 5.75 Å². The van der Waals surface area contributed by atoms with Gasteiger partial charge >= 0.3 is 0 Å². The summed E-state index contributed by atoms with van der Waals surface area (Å²) in [7, 11) is 0. The second-order valence-corrected chi connectivity index (χ2v) is 5.24. The quantitative estimate of drug-likeness (QED) is 0.559. The summed E-state index contributed by atoms with van der Waals surface area (Å²) in [6.07, 6.45) is 0.630. The number of carbonyl (C=O) groups excluding carboxylic acids is 2. The van der Waals surface area contributed by atoms with Crippen LogP contribution in [0.3, 0.4) is 0 Å². The molecule has 2 aromatic carbocycles. The highest BCUT2D eigenvalue weighted by Crippen LogP contribution is 2.14. The van der Waals surface area contributed by atoms with Gasteiger partial charge in [0.15, 0.2) is 0 Å². The zero-order valence-electron chi connectivity index (χ0n) is 13.3. The van der Waals surface area contributed by atoms with E-state index in [9.17, 15) is 14.7 Å². The van der Waals surface area contributed by atoms with Crippen LogP contribution in [-0.4, -0.2) is 29.2 Å². The summed E-state index contributed by atoms with van der Waals surface area (Å²) < 4.78 is 0. The van der Waals surface area contributed by atoms with Gasteiger partial charge in [0.2, 0.25) is 0 Å². The molecule has 3 N–H and O–H groups in total. The standard InChI is InChI=1S/C18H19N3O3/c1-13(11-14-7-3-2-4-8-14)20-21-17(23)12-19-18(24)15-9-5-6-10-16(15)22/h2-10,22H,11-12H2,1H3,(H,19,24)(H,21,23)/b20-13-. The van der Waals surface area contributed by atoms with Crippen molar-refractivity contribution in [2.45, 2.75) is 13.3 Å². The molecule has 0 bridgehead atoms. The summed E-state index contributed by atoms with van der Waals surface area (Å²) in [5, 5.41) is 16.0. The Kier molecular flexibility index (Phi) is 6.08. The summed E-state index contributed by atoms with van der Waals surface area (Å²) in [6, 6.07) is 15.9. The molecule has 24 heavy (non-hydrogen) atoms. The van der Waals surface area contributed by atoms with Gasteiger partial charge in [-0.3, -0.25) is 9.59 Å². The number of hydrazone groups is 1. The molecule has 2 aromatic rings. The highest BCUT2D eigenvalue weighted by molar-refractivity contribution is 5.98. The molecular formula is C18H19N3O3. The van der Waals surface area contributed by atoms with E-state index in [1.807, 2.05) is 37.3 Å². The van der Waals surface area contributed by atoms with Crippen LogP contribution in [0.1, 0.15) is 22.8 Å². The largest absolute Gasteiger partial charge is 0.507 e. The van der Waals surface area contributed by atoms with Crippen molar-refractivity contribution in [1.82, 2.24) is 10.7 Å². The predicted octanol–water partition coefficient (Wildman–Crippen LogP) is 1.86. The van der Waals surface area contributed by atoms with Gasteiger partial charge in [-0.25, -0.2) is 5.43 Å². The molecule has 2 amide bonds. The number of amides is 2. The van der Waals surface area contributed by atoms with Crippen molar-refractivity contribution in [2.75, 3.05) is 6.54 Å². The highest BCUT2D eigenvalue weighted by Gasteiger charge is 2.11. The third kappa shape index (κ3) is 5.24. The Bertz CT molecular complexity index is 742. The van der Waals surface area contributed by atoms with E-state index < -0.39 is 11.8 Å². The number of para-hydroxylation sites is 1. The molecule has 6 nitrogen and oxygen atoms in total. The number of aromatic hydroxyl groups is 1. The monoisotopic (exact) mass is 325 g/mol. The Labute approximate surface area is 140 Å². The van der Waals surface area contributed by atoms with Gasteiger partial charge in [0.1, 0.15) is 5.75 Å². The van der Waals surface area contributed by atoms with Crippen LogP contribution in [0.2, 0.25) is 0 Å². The fraction of sp³-hybridized carbons (Fsp3) is 0.167. The zero-order valence-corrected chi connectivity index (χ0v) is 13.3. The van der Waals surface area contributed by atoms with E-state index in [-0.39, 0.29) is 17.9 Å². The fourth-order valence-electron chi connectivity index (χ4n) is 2.05. The van der Waals surface area contributed by atoms with Crippen molar-refractivity contribution in [2.24, 2.45) is 5.10 Å². The number of benzene rings is 2. The molecule has 0 atom stereocenters. The lowest BCUT2D eigenvalue weighted by atomic mass is 10.1. The molecule has 0 unspecified atom stereocenters. The minimum absolute atomic E-state index is 0.119. The molecule has 2 rings (SSSR count). The Morgan fingerprint density at radius 3 is 2.42 bits per heavy atom. The highest BCUT2D eigenvalue weighted by atomic mass is 16.3. The Balaban J connectivity index is 1.80. The van der Waals surface area contributed by atoms with Gasteiger partial charge in [-0.05, 0) is 24.6 Å². The van der Waals surface area contributed by atoms with Crippen molar-refractivity contribution in [3.8, 4) is 5.75 Å². The lowest BCUT2D eigenvalue weighted by molar-refractivity contribution is -0.120. The molecule has 124 valence electrons. The fourth-order valence-corrected chi connectivity index (χ4v) is 2.05. The summed E-state index contributed by atoms with van der Waals surface area (Å²) in [5.41, 5.74) is 4.36. The molecular weight excluding hydrogens is 306 g/mol. The van der Waals surface area contributed by atoms with Gasteiger partial charge in [-0.1, -0.05) is 42.5 Å². The number of rotatable bonds is 6. The first-order valence-electron chi connectivity index (χ1n) is 7.48. The first-order valence-corrected chi connectivity index (χ1v) is 7.48. The van der Waals surface area contributed by atoms with E-state index in [2.05, 4.69) is 15.8 Å². The lowest BCUT2D eigenvalue weighted by Crippen LogP contribution is -2.35. The second-order valence-electron chi connectivity index (χ2n) is 5.24. The van der Waals surface area contributed by atoms with E-state index in [0.29, 0.717) is 6.42 Å². The predicted molar refractivity (Wildman–Crippen MR) is 91.8 cm³/mol. The third-order valence-electron chi connectivity index (χ3n) is 3.23. The molecule has 0 saturated carbocycles. The van der Waals surface area contributed by atoms with Crippen molar-refractivity contribution in [1.29, 1.82) is 0 Å². The normalized spacial score (nSPS) is 11.0. The molecule has 0 spiro atoms. The van der Waals surface area contributed by atoms with Crippen LogP contribution in [0.4, 0.5) is 0 Å². The average Bonchev–Trinajstić information content (AvgIpc) is 2.59. The summed E-state index contributed by atoms with van der Waals surface area (Å²) in [4.78, 5) is 23.6. The molecule has 0 saturated heterocycles. The van der Waals surface area contributed by atoms with Crippen LogP contribution in [0, 0.1) is 0 Å². The number of nitrogens with zero attached hydrogens (tertiary/aromatic N) is 1. The Morgan fingerprint density at radius 2 is 1.71 bits per heavy atom. The summed E-state index contributed by atoms with van der Waals surface area (Å²) >= 11 is 0. The number of carbonyl (C=O) groups is 2. The summed E-state index contributed by atoms with van der Waals surface area (Å²) in [5.74, 6) is -1.09. The van der Waals surface area contributed by atoms with Crippen LogP contribution in [-0.2, 0) is 11.2 Å². The second kappa shape index (κ2) is 8.47. The molecule has 0 radical (unpaired) electrons. The molecule has 0 fully saturated rings. The molecule has 6 heteroatoms. The third-order valence-corrected chi connectivity index (χ3v) is 3.23. The smallest absolute Gasteiger partial charge is 0.259 e. The Morgan fingerprint density at radius 1 is 1.04 bits per heavy atom.